The summed E-state index contributed by atoms with van der Waals surface area (Å²) in [5, 5.41) is 3.13. The van der Waals surface area contributed by atoms with Gasteiger partial charge in [-0.05, 0) is 6.92 Å². The third-order valence-corrected chi connectivity index (χ3v) is 1.93. The van der Waals surface area contributed by atoms with Crippen LogP contribution >= 0.6 is 12.4 Å². The topological polar surface area (TPSA) is 12.0 Å². The average Bonchev–Trinajstić information content (AvgIpc) is 1.52. The van der Waals surface area contributed by atoms with Gasteiger partial charge in [0, 0.05) is 24.4 Å². The molecule has 0 aromatic rings. The van der Waals surface area contributed by atoms with Gasteiger partial charge in [-0.1, -0.05) is 13.8 Å². The largest absolute Gasteiger partial charge is 0.309 e. The minimum atomic E-state index is -2.42. The molecule has 4 heteroatoms. The summed E-state index contributed by atoms with van der Waals surface area (Å²) in [6.45, 7) is 5.80. The first kappa shape index (κ1) is 12.1. The normalized spacial score (nSPS) is 24.5. The zero-order valence-electron chi connectivity index (χ0n) is 7.66. The summed E-state index contributed by atoms with van der Waals surface area (Å²) >= 11 is 0. The maximum atomic E-state index is 12.4. The fourth-order valence-corrected chi connectivity index (χ4v) is 1.89. The van der Waals surface area contributed by atoms with Crippen LogP contribution in [0.1, 0.15) is 33.6 Å². The molecule has 0 radical (unpaired) electrons. The Bertz CT molecular complexity index is 146. The summed E-state index contributed by atoms with van der Waals surface area (Å²) < 4.78 is 24.9. The summed E-state index contributed by atoms with van der Waals surface area (Å²) in [6, 6.07) is 0.288. The summed E-state index contributed by atoms with van der Waals surface area (Å²) in [4.78, 5) is 0. The van der Waals surface area contributed by atoms with Crippen LogP contribution in [0.15, 0.2) is 0 Å². The molecule has 0 spiro atoms. The average molecular weight is 200 g/mol. The van der Waals surface area contributed by atoms with Gasteiger partial charge in [-0.2, -0.15) is 0 Å². The second-order valence-corrected chi connectivity index (χ2v) is 4.07. The SMILES string of the molecule is CC(C)NC1(C)CC(F)(F)C1.Cl. The smallest absolute Gasteiger partial charge is 0.251 e. The van der Waals surface area contributed by atoms with Gasteiger partial charge in [0.15, 0.2) is 0 Å². The molecular formula is C8H16ClF2N. The van der Waals surface area contributed by atoms with Crippen LogP contribution < -0.4 is 5.32 Å². The third-order valence-electron chi connectivity index (χ3n) is 1.93. The molecule has 1 N–H and O–H groups in total. The molecule has 0 aliphatic heterocycles. The van der Waals surface area contributed by atoms with Crippen LogP contribution in [0.4, 0.5) is 8.78 Å². The molecule has 1 saturated carbocycles. The Morgan fingerprint density at radius 1 is 1.25 bits per heavy atom. The van der Waals surface area contributed by atoms with Crippen LogP contribution in [0.3, 0.4) is 0 Å². The number of halogens is 3. The van der Waals surface area contributed by atoms with Crippen LogP contribution in [-0.2, 0) is 0 Å². The molecule has 0 unspecified atom stereocenters. The van der Waals surface area contributed by atoms with Crippen molar-refractivity contribution < 1.29 is 8.78 Å². The molecule has 0 aromatic heterocycles. The fraction of sp³-hybridized carbons (Fsp3) is 1.00. The molecule has 1 aliphatic rings. The molecule has 0 atom stereocenters. The summed E-state index contributed by atoms with van der Waals surface area (Å²) in [5.41, 5.74) is -0.322. The van der Waals surface area contributed by atoms with Gasteiger partial charge in [-0.15, -0.1) is 12.4 Å². The minimum Gasteiger partial charge on any atom is -0.309 e. The molecule has 74 valence electrons. The van der Waals surface area contributed by atoms with Gasteiger partial charge in [0.25, 0.3) is 5.92 Å². The Labute approximate surface area is 78.3 Å². The standard InChI is InChI=1S/C8H15F2N.ClH/c1-6(2)11-7(3)4-8(9,10)5-7;/h6,11H,4-5H2,1-3H3;1H. The van der Waals surface area contributed by atoms with E-state index in [0.29, 0.717) is 0 Å². The Balaban J connectivity index is 0.00000121. The lowest BCUT2D eigenvalue weighted by molar-refractivity contribution is -0.129. The zero-order chi connectivity index (χ0) is 8.70. The van der Waals surface area contributed by atoms with Crippen molar-refractivity contribution in [2.24, 2.45) is 0 Å². The first-order valence-electron chi connectivity index (χ1n) is 3.99. The maximum absolute atomic E-state index is 12.4. The van der Waals surface area contributed by atoms with Crippen LogP contribution in [0.5, 0.6) is 0 Å². The quantitative estimate of drug-likeness (QED) is 0.721. The van der Waals surface area contributed by atoms with Crippen LogP contribution in [0, 0.1) is 0 Å². The predicted octanol–water partition coefficient (Wildman–Crippen LogP) is 2.59. The van der Waals surface area contributed by atoms with Gasteiger partial charge in [-0.25, -0.2) is 8.78 Å². The summed E-state index contributed by atoms with van der Waals surface area (Å²) in [7, 11) is 0. The van der Waals surface area contributed by atoms with E-state index < -0.39 is 5.92 Å². The van der Waals surface area contributed by atoms with E-state index in [-0.39, 0.29) is 36.8 Å². The molecule has 12 heavy (non-hydrogen) atoms. The van der Waals surface area contributed by atoms with E-state index in [2.05, 4.69) is 5.32 Å². The Morgan fingerprint density at radius 3 is 1.92 bits per heavy atom. The van der Waals surface area contributed by atoms with E-state index in [9.17, 15) is 8.78 Å². The third kappa shape index (κ3) is 2.87. The van der Waals surface area contributed by atoms with Crippen molar-refractivity contribution in [3.8, 4) is 0 Å². The Kier molecular flexibility index (Phi) is 3.49. The van der Waals surface area contributed by atoms with Crippen molar-refractivity contribution in [1.82, 2.24) is 5.32 Å². The van der Waals surface area contributed by atoms with Crippen LogP contribution in [0.25, 0.3) is 0 Å². The second kappa shape index (κ2) is 3.46. The highest BCUT2D eigenvalue weighted by Crippen LogP contribution is 2.45. The van der Waals surface area contributed by atoms with Crippen molar-refractivity contribution in [3.63, 3.8) is 0 Å². The van der Waals surface area contributed by atoms with Crippen molar-refractivity contribution in [2.75, 3.05) is 0 Å². The van der Waals surface area contributed by atoms with E-state index in [1.54, 1.807) is 0 Å². The lowest BCUT2D eigenvalue weighted by Gasteiger charge is -2.46. The Hall–Kier alpha value is 0.110. The van der Waals surface area contributed by atoms with Gasteiger partial charge in [0.05, 0.1) is 0 Å². The molecule has 0 heterocycles. The van der Waals surface area contributed by atoms with Crippen molar-refractivity contribution >= 4 is 12.4 Å². The van der Waals surface area contributed by atoms with E-state index in [4.69, 9.17) is 0 Å². The zero-order valence-corrected chi connectivity index (χ0v) is 8.47. The number of alkyl halides is 2. The summed E-state index contributed by atoms with van der Waals surface area (Å²) in [5.74, 6) is -2.42. The van der Waals surface area contributed by atoms with E-state index in [1.807, 2.05) is 20.8 Å². The molecular weight excluding hydrogens is 184 g/mol. The molecule has 1 fully saturated rings. The highest BCUT2D eigenvalue weighted by Gasteiger charge is 2.53. The first-order valence-corrected chi connectivity index (χ1v) is 3.99. The van der Waals surface area contributed by atoms with Gasteiger partial charge in [-0.3, -0.25) is 0 Å². The number of hydrogen-bond donors (Lipinski definition) is 1. The van der Waals surface area contributed by atoms with Crippen molar-refractivity contribution in [2.45, 2.75) is 51.1 Å². The number of hydrogen-bond acceptors (Lipinski definition) is 1. The highest BCUT2D eigenvalue weighted by molar-refractivity contribution is 5.85. The lowest BCUT2D eigenvalue weighted by atomic mass is 9.74. The first-order chi connectivity index (χ1) is 4.83. The summed E-state index contributed by atoms with van der Waals surface area (Å²) in [6.07, 6.45) is -0.0314. The molecule has 0 bridgehead atoms. The second-order valence-electron chi connectivity index (χ2n) is 4.07. The van der Waals surface area contributed by atoms with Crippen molar-refractivity contribution in [3.05, 3.63) is 0 Å². The molecule has 0 saturated heterocycles. The van der Waals surface area contributed by atoms with E-state index >= 15 is 0 Å². The molecule has 1 rings (SSSR count). The van der Waals surface area contributed by atoms with Gasteiger partial charge < -0.3 is 5.32 Å². The minimum absolute atomic E-state index is 0. The van der Waals surface area contributed by atoms with Gasteiger partial charge >= 0.3 is 0 Å². The highest BCUT2D eigenvalue weighted by atomic mass is 35.5. The van der Waals surface area contributed by atoms with Gasteiger partial charge in [0.1, 0.15) is 0 Å². The van der Waals surface area contributed by atoms with Crippen LogP contribution in [0.2, 0.25) is 0 Å². The Morgan fingerprint density at radius 2 is 1.67 bits per heavy atom. The van der Waals surface area contributed by atoms with E-state index in [1.165, 1.54) is 0 Å². The fourth-order valence-electron chi connectivity index (χ4n) is 1.89. The lowest BCUT2D eigenvalue weighted by Crippen LogP contribution is -2.60. The molecule has 1 nitrogen and oxygen atoms in total. The van der Waals surface area contributed by atoms with Crippen LogP contribution in [-0.4, -0.2) is 17.5 Å². The number of nitrogens with one attached hydrogen (secondary N) is 1. The van der Waals surface area contributed by atoms with Gasteiger partial charge in [0.2, 0.25) is 0 Å². The molecule has 0 aromatic carbocycles. The predicted molar refractivity (Wildman–Crippen MR) is 48.1 cm³/mol. The molecule has 1 aliphatic carbocycles. The van der Waals surface area contributed by atoms with Crippen molar-refractivity contribution in [1.29, 1.82) is 0 Å². The molecule has 0 amide bonds. The maximum Gasteiger partial charge on any atom is 0.251 e. The van der Waals surface area contributed by atoms with E-state index in [0.717, 1.165) is 0 Å². The monoisotopic (exact) mass is 199 g/mol. The number of rotatable bonds is 2.